The molecule has 0 nitrogen and oxygen atoms in total. The Kier molecular flexibility index (Phi) is 53.1. The van der Waals surface area contributed by atoms with Gasteiger partial charge in [-0.15, -0.1) is 0 Å². The van der Waals surface area contributed by atoms with Crippen molar-refractivity contribution in [1.82, 2.24) is 0 Å². The molecule has 0 unspecified atom stereocenters. The van der Waals surface area contributed by atoms with Crippen molar-refractivity contribution in [3.05, 3.63) is 35.9 Å². The summed E-state index contributed by atoms with van der Waals surface area (Å²) in [7, 11) is 0. The van der Waals surface area contributed by atoms with Gasteiger partial charge in [0.1, 0.15) is 0 Å². The minimum Gasteiger partial charge on any atom is -0.0654 e. The van der Waals surface area contributed by atoms with E-state index in [1.54, 1.807) is 0 Å². The molecule has 0 aliphatic carbocycles. The minimum atomic E-state index is 1.26. The lowest BCUT2D eigenvalue weighted by atomic mass is 10.0. The maximum atomic E-state index is 2.31. The summed E-state index contributed by atoms with van der Waals surface area (Å²) in [6.45, 7) is 2.31. The number of rotatable bonds is 56. The number of hydrogen-bond acceptors (Lipinski definition) is 0. The van der Waals surface area contributed by atoms with Crippen molar-refractivity contribution in [3.63, 3.8) is 0 Å². The van der Waals surface area contributed by atoms with Crippen LogP contribution in [-0.4, -0.2) is 0 Å². The van der Waals surface area contributed by atoms with E-state index in [-0.39, 0.29) is 0 Å². The summed E-state index contributed by atoms with van der Waals surface area (Å²) in [6.07, 6.45) is 82.8. The molecule has 63 heavy (non-hydrogen) atoms. The monoisotopic (exact) mass is 877 g/mol. The molecule has 1 aromatic rings. The third-order valence-electron chi connectivity index (χ3n) is 14.9. The maximum Gasteiger partial charge on any atom is -0.0279 e. The van der Waals surface area contributed by atoms with Crippen LogP contribution in [0.1, 0.15) is 366 Å². The number of unbranched alkanes of at least 4 members (excludes halogenated alkanes) is 54. The standard InChI is InChI=1S/C63H120/c1-2-3-4-5-6-7-8-9-10-11-12-13-14-15-16-17-18-19-20-21-22-23-24-25-26-27-28-29-30-31-32-33-34-35-36-37-38-39-40-41-42-43-44-45-46-47-48-49-50-51-52-53-54-55-57-60-63-61-58-56-59-62-63/h56,58-59,61-62H,2-55,57,60H2,1H3. The predicted molar refractivity (Wildman–Crippen MR) is 290 cm³/mol. The Bertz CT molecular complexity index is 902. The molecule has 1 rings (SSSR count). The molecule has 0 N–H and O–H groups in total. The molecule has 0 heteroatoms. The maximum absolute atomic E-state index is 2.31. The first-order valence-corrected chi connectivity index (χ1v) is 30.5. The first-order valence-electron chi connectivity index (χ1n) is 30.5. The summed E-state index contributed by atoms with van der Waals surface area (Å²) < 4.78 is 0. The van der Waals surface area contributed by atoms with E-state index in [0.29, 0.717) is 0 Å². The van der Waals surface area contributed by atoms with Crippen molar-refractivity contribution in [1.29, 1.82) is 0 Å². The first kappa shape index (κ1) is 60.2. The zero-order valence-corrected chi connectivity index (χ0v) is 44.0. The lowest BCUT2D eigenvalue weighted by Crippen LogP contribution is -1.86. The van der Waals surface area contributed by atoms with Crippen LogP contribution in [0.2, 0.25) is 0 Å². The Hall–Kier alpha value is -0.780. The van der Waals surface area contributed by atoms with Crippen LogP contribution < -0.4 is 0 Å². The van der Waals surface area contributed by atoms with Gasteiger partial charge in [-0.2, -0.15) is 0 Å². The summed E-state index contributed by atoms with van der Waals surface area (Å²) in [6, 6.07) is 11.0. The molecular weight excluding hydrogens is 757 g/mol. The third kappa shape index (κ3) is 52.1. The van der Waals surface area contributed by atoms with Crippen LogP contribution in [-0.2, 0) is 6.42 Å². The van der Waals surface area contributed by atoms with Gasteiger partial charge in [0.15, 0.2) is 0 Å². The fourth-order valence-electron chi connectivity index (χ4n) is 10.4. The van der Waals surface area contributed by atoms with Crippen molar-refractivity contribution in [3.8, 4) is 0 Å². The molecule has 0 amide bonds. The van der Waals surface area contributed by atoms with Gasteiger partial charge in [0.05, 0.1) is 0 Å². The van der Waals surface area contributed by atoms with Gasteiger partial charge in [0.2, 0.25) is 0 Å². The average molecular weight is 878 g/mol. The van der Waals surface area contributed by atoms with Crippen LogP contribution in [0.15, 0.2) is 30.3 Å². The van der Waals surface area contributed by atoms with Crippen LogP contribution in [0, 0.1) is 0 Å². The molecule has 1 aromatic carbocycles. The molecule has 0 saturated carbocycles. The third-order valence-corrected chi connectivity index (χ3v) is 14.9. The van der Waals surface area contributed by atoms with E-state index in [4.69, 9.17) is 0 Å². The summed E-state index contributed by atoms with van der Waals surface area (Å²) in [4.78, 5) is 0. The minimum absolute atomic E-state index is 1.26. The second kappa shape index (κ2) is 55.5. The van der Waals surface area contributed by atoms with Crippen LogP contribution in [0.3, 0.4) is 0 Å². The second-order valence-corrected chi connectivity index (χ2v) is 21.3. The second-order valence-electron chi connectivity index (χ2n) is 21.3. The summed E-state index contributed by atoms with van der Waals surface area (Å²) >= 11 is 0. The van der Waals surface area contributed by atoms with E-state index in [9.17, 15) is 0 Å². The molecule has 0 atom stereocenters. The van der Waals surface area contributed by atoms with Gasteiger partial charge in [0, 0.05) is 0 Å². The quantitative estimate of drug-likeness (QED) is 0.0572. The molecule has 0 aliphatic heterocycles. The Morgan fingerprint density at radius 2 is 0.317 bits per heavy atom. The van der Waals surface area contributed by atoms with Crippen LogP contribution in [0.4, 0.5) is 0 Å². The van der Waals surface area contributed by atoms with Crippen molar-refractivity contribution >= 4 is 0 Å². The van der Waals surface area contributed by atoms with Gasteiger partial charge < -0.3 is 0 Å². The molecular formula is C63H120. The van der Waals surface area contributed by atoms with Gasteiger partial charge in [0.25, 0.3) is 0 Å². The smallest absolute Gasteiger partial charge is 0.0279 e. The summed E-state index contributed by atoms with van der Waals surface area (Å²) in [5, 5.41) is 0. The average Bonchev–Trinajstić information content (AvgIpc) is 3.30. The molecule has 0 radical (unpaired) electrons. The van der Waals surface area contributed by atoms with Gasteiger partial charge in [-0.3, -0.25) is 0 Å². The molecule has 0 aliphatic rings. The van der Waals surface area contributed by atoms with Gasteiger partial charge in [-0.25, -0.2) is 0 Å². The topological polar surface area (TPSA) is 0 Å². The molecule has 0 bridgehead atoms. The van der Waals surface area contributed by atoms with Crippen LogP contribution in [0.5, 0.6) is 0 Å². The Balaban J connectivity index is 1.59. The summed E-state index contributed by atoms with van der Waals surface area (Å²) in [5.41, 5.74) is 1.51. The van der Waals surface area contributed by atoms with E-state index in [2.05, 4.69) is 37.3 Å². The largest absolute Gasteiger partial charge is 0.0654 e. The lowest BCUT2D eigenvalue weighted by Gasteiger charge is -2.05. The fraction of sp³-hybridized carbons (Fsp3) is 0.905. The van der Waals surface area contributed by atoms with Crippen LogP contribution >= 0.6 is 0 Å². The van der Waals surface area contributed by atoms with Gasteiger partial charge in [-0.1, -0.05) is 384 Å². The van der Waals surface area contributed by atoms with E-state index >= 15 is 0 Å². The number of aryl methyl sites for hydroxylation is 1. The molecule has 0 saturated heterocycles. The molecule has 372 valence electrons. The highest BCUT2D eigenvalue weighted by Gasteiger charge is 2.00. The van der Waals surface area contributed by atoms with E-state index in [0.717, 1.165) is 0 Å². The first-order chi connectivity index (χ1) is 31.4. The van der Waals surface area contributed by atoms with Crippen molar-refractivity contribution in [2.75, 3.05) is 0 Å². The lowest BCUT2D eigenvalue weighted by molar-refractivity contribution is 0.507. The van der Waals surface area contributed by atoms with Crippen LogP contribution in [0.25, 0.3) is 0 Å². The highest BCUT2D eigenvalue weighted by atomic mass is 14.1. The highest BCUT2D eigenvalue weighted by molar-refractivity contribution is 5.14. The van der Waals surface area contributed by atoms with Gasteiger partial charge >= 0.3 is 0 Å². The number of hydrogen-bond donors (Lipinski definition) is 0. The molecule has 0 aromatic heterocycles. The van der Waals surface area contributed by atoms with Crippen molar-refractivity contribution in [2.45, 2.75) is 366 Å². The molecule has 0 spiro atoms. The Morgan fingerprint density at radius 3 is 0.476 bits per heavy atom. The van der Waals surface area contributed by atoms with Crippen molar-refractivity contribution < 1.29 is 0 Å². The molecule has 0 fully saturated rings. The zero-order chi connectivity index (χ0) is 44.7. The SMILES string of the molecule is CCCCCCCCCCCCCCCCCCCCCCCCCCCCCCCCCCCCCCCCCCCCCCCCCCCCCCCCCc1ccccc1. The fourth-order valence-corrected chi connectivity index (χ4v) is 10.4. The van der Waals surface area contributed by atoms with Gasteiger partial charge in [-0.05, 0) is 18.4 Å². The summed E-state index contributed by atoms with van der Waals surface area (Å²) in [5.74, 6) is 0. The van der Waals surface area contributed by atoms with E-state index in [1.807, 2.05) is 0 Å². The Labute approximate surface area is 400 Å². The number of benzene rings is 1. The highest BCUT2D eigenvalue weighted by Crippen LogP contribution is 2.19. The Morgan fingerprint density at radius 1 is 0.175 bits per heavy atom. The van der Waals surface area contributed by atoms with Crippen molar-refractivity contribution in [2.24, 2.45) is 0 Å². The van der Waals surface area contributed by atoms with E-state index in [1.165, 1.54) is 365 Å². The van der Waals surface area contributed by atoms with E-state index < -0.39 is 0 Å². The molecule has 0 heterocycles. The normalized spacial score (nSPS) is 11.6. The zero-order valence-electron chi connectivity index (χ0n) is 44.0. The predicted octanol–water partition coefficient (Wildman–Crippen LogP) is 23.7.